The van der Waals surface area contributed by atoms with Crippen molar-refractivity contribution in [3.05, 3.63) is 71.3 Å². The summed E-state index contributed by atoms with van der Waals surface area (Å²) in [6.07, 6.45) is 2.87. The highest BCUT2D eigenvalue weighted by atomic mass is 16.4. The predicted molar refractivity (Wildman–Crippen MR) is 99.0 cm³/mol. The molecule has 1 aliphatic carbocycles. The Bertz CT molecular complexity index is 817. The zero-order chi connectivity index (χ0) is 18.1. The summed E-state index contributed by atoms with van der Waals surface area (Å²) >= 11 is 0. The van der Waals surface area contributed by atoms with Gasteiger partial charge in [-0.25, -0.2) is 0 Å². The van der Waals surface area contributed by atoms with Crippen molar-refractivity contribution in [3.8, 4) is 0 Å². The molecular formula is C22H23NO3. The van der Waals surface area contributed by atoms with E-state index in [-0.39, 0.29) is 17.7 Å². The van der Waals surface area contributed by atoms with Gasteiger partial charge in [-0.3, -0.25) is 9.59 Å². The predicted octanol–water partition coefficient (Wildman–Crippen LogP) is 3.43. The quantitative estimate of drug-likeness (QED) is 0.923. The molecule has 0 radical (unpaired) electrons. The van der Waals surface area contributed by atoms with Crippen molar-refractivity contribution in [3.63, 3.8) is 0 Å². The van der Waals surface area contributed by atoms with Crippen molar-refractivity contribution in [2.45, 2.75) is 31.1 Å². The third-order valence-corrected chi connectivity index (χ3v) is 5.84. The molecule has 3 atom stereocenters. The second kappa shape index (κ2) is 6.94. The Morgan fingerprint density at radius 2 is 1.69 bits per heavy atom. The summed E-state index contributed by atoms with van der Waals surface area (Å²) in [6, 6.07) is 17.9. The van der Waals surface area contributed by atoms with E-state index in [1.807, 2.05) is 42.5 Å². The minimum atomic E-state index is -0.821. The van der Waals surface area contributed by atoms with Crippen LogP contribution in [0.15, 0.2) is 54.6 Å². The maximum Gasteiger partial charge on any atom is 0.308 e. The molecule has 2 aromatic rings. The summed E-state index contributed by atoms with van der Waals surface area (Å²) in [5.74, 6) is -1.55. The van der Waals surface area contributed by atoms with E-state index in [4.69, 9.17) is 0 Å². The molecule has 4 rings (SSSR count). The zero-order valence-electron chi connectivity index (χ0n) is 14.7. The maximum atomic E-state index is 13.2. The Morgan fingerprint density at radius 1 is 0.962 bits per heavy atom. The molecule has 3 unspecified atom stereocenters. The second-order valence-corrected chi connectivity index (χ2v) is 7.35. The van der Waals surface area contributed by atoms with Gasteiger partial charge in [0, 0.05) is 19.0 Å². The Labute approximate surface area is 153 Å². The monoisotopic (exact) mass is 349 g/mol. The number of rotatable bonds is 3. The van der Waals surface area contributed by atoms with Crippen LogP contribution in [0.1, 0.15) is 41.4 Å². The normalized spacial score (nSPS) is 24.9. The summed E-state index contributed by atoms with van der Waals surface area (Å²) < 4.78 is 0. The fourth-order valence-corrected chi connectivity index (χ4v) is 4.50. The van der Waals surface area contributed by atoms with E-state index < -0.39 is 11.9 Å². The highest BCUT2D eigenvalue weighted by molar-refractivity contribution is 5.86. The molecule has 134 valence electrons. The first-order valence-electron chi connectivity index (χ1n) is 9.29. The summed E-state index contributed by atoms with van der Waals surface area (Å²) in [6.45, 7) is 0.783. The van der Waals surface area contributed by atoms with Crippen LogP contribution in [0.2, 0.25) is 0 Å². The van der Waals surface area contributed by atoms with Crippen LogP contribution in [0, 0.1) is 5.92 Å². The average Bonchev–Trinajstić information content (AvgIpc) is 3.13. The minimum absolute atomic E-state index is 0.0850. The SMILES string of the molecule is O=C(O)C1CN(C(=O)C2CCCc3ccccc32)CC1c1ccccc1. The standard InChI is InChI=1S/C22H23NO3/c24-21(18-12-6-10-15-9-4-5-11-17(15)18)23-13-19(20(14-23)22(25)26)16-7-2-1-3-8-16/h1-5,7-9,11,18-20H,6,10,12-14H2,(H,25,26). The largest absolute Gasteiger partial charge is 0.481 e. The smallest absolute Gasteiger partial charge is 0.308 e. The number of carboxylic acid groups (broad SMARTS) is 1. The van der Waals surface area contributed by atoms with Crippen molar-refractivity contribution in [1.29, 1.82) is 0 Å². The van der Waals surface area contributed by atoms with Crippen molar-refractivity contribution < 1.29 is 14.7 Å². The molecule has 1 amide bonds. The molecule has 4 heteroatoms. The Hall–Kier alpha value is -2.62. The van der Waals surface area contributed by atoms with Crippen LogP contribution in [0.5, 0.6) is 0 Å². The molecule has 1 heterocycles. The van der Waals surface area contributed by atoms with E-state index in [9.17, 15) is 14.7 Å². The van der Waals surface area contributed by atoms with Gasteiger partial charge >= 0.3 is 5.97 Å². The van der Waals surface area contributed by atoms with Crippen molar-refractivity contribution in [2.75, 3.05) is 13.1 Å². The van der Waals surface area contributed by atoms with E-state index in [1.54, 1.807) is 4.90 Å². The summed E-state index contributed by atoms with van der Waals surface area (Å²) in [5.41, 5.74) is 3.38. The number of hydrogen-bond donors (Lipinski definition) is 1. The van der Waals surface area contributed by atoms with Gasteiger partial charge in [-0.05, 0) is 36.0 Å². The Balaban J connectivity index is 1.59. The van der Waals surface area contributed by atoms with Crippen LogP contribution in [-0.2, 0) is 16.0 Å². The van der Waals surface area contributed by atoms with Crippen LogP contribution in [0.25, 0.3) is 0 Å². The van der Waals surface area contributed by atoms with Gasteiger partial charge in [0.25, 0.3) is 0 Å². The van der Waals surface area contributed by atoms with Crippen molar-refractivity contribution >= 4 is 11.9 Å². The highest BCUT2D eigenvalue weighted by Gasteiger charge is 2.42. The number of fused-ring (bicyclic) bond motifs is 1. The van der Waals surface area contributed by atoms with Crippen molar-refractivity contribution in [1.82, 2.24) is 4.90 Å². The molecule has 0 saturated carbocycles. The molecule has 1 fully saturated rings. The van der Waals surface area contributed by atoms with Crippen molar-refractivity contribution in [2.24, 2.45) is 5.92 Å². The molecule has 1 saturated heterocycles. The fourth-order valence-electron chi connectivity index (χ4n) is 4.50. The number of hydrogen-bond acceptors (Lipinski definition) is 2. The molecule has 26 heavy (non-hydrogen) atoms. The number of carbonyl (C=O) groups excluding carboxylic acids is 1. The Morgan fingerprint density at radius 3 is 2.46 bits per heavy atom. The summed E-state index contributed by atoms with van der Waals surface area (Å²) in [5, 5.41) is 9.67. The number of likely N-dealkylation sites (tertiary alicyclic amines) is 1. The van der Waals surface area contributed by atoms with Crippen LogP contribution in [0.3, 0.4) is 0 Å². The van der Waals surface area contributed by atoms with E-state index in [2.05, 4.69) is 12.1 Å². The van der Waals surface area contributed by atoms with Gasteiger partial charge in [0.1, 0.15) is 0 Å². The van der Waals surface area contributed by atoms with E-state index in [0.717, 1.165) is 30.4 Å². The van der Waals surface area contributed by atoms with Crippen LogP contribution in [0.4, 0.5) is 0 Å². The lowest BCUT2D eigenvalue weighted by Crippen LogP contribution is -2.35. The molecule has 2 aliphatic rings. The average molecular weight is 349 g/mol. The first-order chi connectivity index (χ1) is 12.6. The number of aryl methyl sites for hydroxylation is 1. The lowest BCUT2D eigenvalue weighted by Gasteiger charge is -2.28. The number of carbonyl (C=O) groups is 2. The lowest BCUT2D eigenvalue weighted by atomic mass is 9.82. The van der Waals surface area contributed by atoms with Gasteiger partial charge < -0.3 is 10.0 Å². The number of carboxylic acids is 1. The summed E-state index contributed by atoms with van der Waals surface area (Å²) in [4.78, 5) is 26.8. The van der Waals surface area contributed by atoms with E-state index >= 15 is 0 Å². The highest BCUT2D eigenvalue weighted by Crippen LogP contribution is 2.38. The molecule has 0 spiro atoms. The molecule has 0 aromatic heterocycles. The topological polar surface area (TPSA) is 57.6 Å². The minimum Gasteiger partial charge on any atom is -0.481 e. The van der Waals surface area contributed by atoms with Gasteiger partial charge in [-0.15, -0.1) is 0 Å². The van der Waals surface area contributed by atoms with Gasteiger partial charge in [0.2, 0.25) is 5.91 Å². The third kappa shape index (κ3) is 3.00. The molecular weight excluding hydrogens is 326 g/mol. The third-order valence-electron chi connectivity index (χ3n) is 5.84. The molecule has 4 nitrogen and oxygen atoms in total. The maximum absolute atomic E-state index is 13.2. The first kappa shape index (κ1) is 16.8. The van der Waals surface area contributed by atoms with Crippen LogP contribution < -0.4 is 0 Å². The Kier molecular flexibility index (Phi) is 4.49. The number of nitrogens with zero attached hydrogens (tertiary/aromatic N) is 1. The van der Waals surface area contributed by atoms with Gasteiger partial charge in [0.15, 0.2) is 0 Å². The fraction of sp³-hybridized carbons (Fsp3) is 0.364. The zero-order valence-corrected chi connectivity index (χ0v) is 14.7. The van der Waals surface area contributed by atoms with E-state index in [1.165, 1.54) is 5.56 Å². The van der Waals surface area contributed by atoms with Gasteiger partial charge in [0.05, 0.1) is 11.8 Å². The molecule has 0 bridgehead atoms. The van der Waals surface area contributed by atoms with Crippen LogP contribution in [-0.4, -0.2) is 35.0 Å². The van der Waals surface area contributed by atoms with Gasteiger partial charge in [-0.1, -0.05) is 54.6 Å². The van der Waals surface area contributed by atoms with Crippen LogP contribution >= 0.6 is 0 Å². The van der Waals surface area contributed by atoms with E-state index in [0.29, 0.717) is 13.1 Å². The number of benzene rings is 2. The lowest BCUT2D eigenvalue weighted by molar-refractivity contribution is -0.142. The second-order valence-electron chi connectivity index (χ2n) is 7.35. The molecule has 2 aromatic carbocycles. The molecule has 1 N–H and O–H groups in total. The van der Waals surface area contributed by atoms with Gasteiger partial charge in [-0.2, -0.15) is 0 Å². The number of aliphatic carboxylic acids is 1. The molecule has 1 aliphatic heterocycles. The summed E-state index contributed by atoms with van der Waals surface area (Å²) in [7, 11) is 0. The first-order valence-corrected chi connectivity index (χ1v) is 9.29. The number of amides is 1.